The normalized spacial score (nSPS) is 11.0. The molecule has 2 aromatic carbocycles. The zero-order valence-electron chi connectivity index (χ0n) is 15.6. The molecule has 6 nitrogen and oxygen atoms in total. The predicted octanol–water partition coefficient (Wildman–Crippen LogP) is 3.82. The van der Waals surface area contributed by atoms with Gasteiger partial charge in [0.05, 0.1) is 0 Å². The predicted molar refractivity (Wildman–Crippen MR) is 109 cm³/mol. The van der Waals surface area contributed by atoms with E-state index in [2.05, 4.69) is 31.4 Å². The lowest BCUT2D eigenvalue weighted by atomic mass is 9.87. The Labute approximate surface area is 163 Å². The second-order valence-electron chi connectivity index (χ2n) is 7.23. The van der Waals surface area contributed by atoms with Crippen LogP contribution in [0.2, 0.25) is 0 Å². The molecule has 4 N–H and O–H groups in total. The van der Waals surface area contributed by atoms with E-state index in [1.54, 1.807) is 25.1 Å². The van der Waals surface area contributed by atoms with E-state index in [9.17, 15) is 14.7 Å². The summed E-state index contributed by atoms with van der Waals surface area (Å²) in [5, 5.41) is 24.3. The van der Waals surface area contributed by atoms with Crippen LogP contribution in [0.5, 0.6) is 5.75 Å². The van der Waals surface area contributed by atoms with Gasteiger partial charge in [-0.2, -0.15) is 0 Å². The number of carboxylic acid groups (broad SMARTS) is 1. The molecule has 1 amide bonds. The molecule has 0 fully saturated rings. The van der Waals surface area contributed by atoms with Crippen molar-refractivity contribution in [2.45, 2.75) is 33.1 Å². The first-order valence-corrected chi connectivity index (χ1v) is 8.69. The van der Waals surface area contributed by atoms with Crippen molar-refractivity contribution in [3.63, 3.8) is 0 Å². The number of phenols is 1. The number of carbonyl (C=O) groups excluding carboxylic acids is 1. The average Bonchev–Trinajstić information content (AvgIpc) is 2.56. The molecule has 0 aromatic heterocycles. The van der Waals surface area contributed by atoms with Crippen molar-refractivity contribution in [2.24, 2.45) is 0 Å². The molecule has 0 bridgehead atoms. The van der Waals surface area contributed by atoms with Gasteiger partial charge in [0.25, 0.3) is 5.91 Å². The summed E-state index contributed by atoms with van der Waals surface area (Å²) >= 11 is 5.13. The summed E-state index contributed by atoms with van der Waals surface area (Å²) in [4.78, 5) is 23.5. The number of aromatic carboxylic acids is 1. The molecular weight excluding hydrogens is 364 g/mol. The first kappa shape index (κ1) is 20.4. The van der Waals surface area contributed by atoms with Gasteiger partial charge in [0.1, 0.15) is 11.3 Å². The van der Waals surface area contributed by atoms with E-state index in [1.807, 2.05) is 12.1 Å². The third kappa shape index (κ3) is 5.04. The molecule has 0 aliphatic carbocycles. The lowest BCUT2D eigenvalue weighted by Crippen LogP contribution is -2.34. The van der Waals surface area contributed by atoms with E-state index in [0.717, 1.165) is 5.56 Å². The Bertz CT molecular complexity index is 899. The van der Waals surface area contributed by atoms with Gasteiger partial charge >= 0.3 is 5.97 Å². The molecule has 0 atom stereocenters. The van der Waals surface area contributed by atoms with E-state index in [1.165, 1.54) is 6.07 Å². The zero-order chi connectivity index (χ0) is 20.4. The van der Waals surface area contributed by atoms with Gasteiger partial charge in [0.2, 0.25) is 0 Å². The summed E-state index contributed by atoms with van der Waals surface area (Å²) in [6.45, 7) is 7.84. The standard InChI is InChI=1S/C20H22N2O4S/c1-11-9-14(10-15(16(11)23)18(25)26)21-19(27)22-17(24)12-5-7-13(8-6-12)20(2,3)4/h5-10,23H,1-4H3,(H,25,26)(H2,21,22,24,27). The molecule has 0 saturated carbocycles. The fourth-order valence-electron chi connectivity index (χ4n) is 2.47. The highest BCUT2D eigenvalue weighted by atomic mass is 32.1. The third-order valence-electron chi connectivity index (χ3n) is 4.03. The number of carboxylic acids is 1. The minimum absolute atomic E-state index is 0.00948. The van der Waals surface area contributed by atoms with Gasteiger partial charge in [-0.3, -0.25) is 10.1 Å². The molecule has 7 heteroatoms. The van der Waals surface area contributed by atoms with Crippen LogP contribution in [-0.2, 0) is 5.41 Å². The smallest absolute Gasteiger partial charge is 0.339 e. The highest BCUT2D eigenvalue weighted by Gasteiger charge is 2.16. The van der Waals surface area contributed by atoms with Crippen LogP contribution in [0.1, 0.15) is 52.6 Å². The molecule has 0 saturated heterocycles. The van der Waals surface area contributed by atoms with Gasteiger partial charge in [-0.15, -0.1) is 0 Å². The summed E-state index contributed by atoms with van der Waals surface area (Å²) in [6, 6.07) is 10.0. The van der Waals surface area contributed by atoms with Gasteiger partial charge < -0.3 is 15.5 Å². The van der Waals surface area contributed by atoms with Gasteiger partial charge in [-0.25, -0.2) is 4.79 Å². The SMILES string of the molecule is Cc1cc(NC(=S)NC(=O)c2ccc(C(C)(C)C)cc2)cc(C(=O)O)c1O. The number of thiocarbonyl (C=S) groups is 1. The van der Waals surface area contributed by atoms with Gasteiger partial charge in [0, 0.05) is 11.3 Å². The summed E-state index contributed by atoms with van der Waals surface area (Å²) in [6.07, 6.45) is 0. The van der Waals surface area contributed by atoms with Gasteiger partial charge in [-0.1, -0.05) is 32.9 Å². The Hall–Kier alpha value is -2.93. The van der Waals surface area contributed by atoms with Crippen molar-refractivity contribution in [2.75, 3.05) is 5.32 Å². The number of nitrogens with one attached hydrogen (secondary N) is 2. The number of hydrogen-bond donors (Lipinski definition) is 4. The van der Waals surface area contributed by atoms with Crippen molar-refractivity contribution in [1.29, 1.82) is 0 Å². The summed E-state index contributed by atoms with van der Waals surface area (Å²) in [7, 11) is 0. The minimum Gasteiger partial charge on any atom is -0.507 e. The quantitative estimate of drug-likeness (QED) is 0.473. The lowest BCUT2D eigenvalue weighted by molar-refractivity contribution is 0.0693. The van der Waals surface area contributed by atoms with E-state index >= 15 is 0 Å². The van der Waals surface area contributed by atoms with E-state index in [0.29, 0.717) is 16.8 Å². The Morgan fingerprint density at radius 3 is 2.19 bits per heavy atom. The number of benzene rings is 2. The lowest BCUT2D eigenvalue weighted by Gasteiger charge is -2.19. The Balaban J connectivity index is 2.09. The van der Waals surface area contributed by atoms with E-state index < -0.39 is 5.97 Å². The summed E-state index contributed by atoms with van der Waals surface area (Å²) in [5.41, 5.74) is 2.05. The molecule has 0 spiro atoms. The van der Waals surface area contributed by atoms with Crippen molar-refractivity contribution in [1.82, 2.24) is 5.32 Å². The fourth-order valence-corrected chi connectivity index (χ4v) is 2.68. The van der Waals surface area contributed by atoms with Crippen molar-refractivity contribution < 1.29 is 19.8 Å². The Morgan fingerprint density at radius 2 is 1.67 bits per heavy atom. The molecule has 0 heterocycles. The van der Waals surface area contributed by atoms with Crippen LogP contribution < -0.4 is 10.6 Å². The van der Waals surface area contributed by atoms with Gasteiger partial charge in [0.15, 0.2) is 5.11 Å². The number of aromatic hydroxyl groups is 1. The maximum Gasteiger partial charge on any atom is 0.339 e. The number of anilines is 1. The largest absolute Gasteiger partial charge is 0.507 e. The van der Waals surface area contributed by atoms with Crippen LogP contribution in [0.25, 0.3) is 0 Å². The van der Waals surface area contributed by atoms with Crippen molar-refractivity contribution in [3.05, 3.63) is 58.7 Å². The first-order valence-electron chi connectivity index (χ1n) is 8.29. The van der Waals surface area contributed by atoms with Crippen LogP contribution in [0.3, 0.4) is 0 Å². The number of amides is 1. The zero-order valence-corrected chi connectivity index (χ0v) is 16.4. The molecular formula is C20H22N2O4S. The van der Waals surface area contributed by atoms with Crippen LogP contribution in [-0.4, -0.2) is 27.2 Å². The van der Waals surface area contributed by atoms with Crippen LogP contribution >= 0.6 is 12.2 Å². The average molecular weight is 386 g/mol. The van der Waals surface area contributed by atoms with Crippen molar-refractivity contribution >= 4 is 34.9 Å². The highest BCUT2D eigenvalue weighted by Crippen LogP contribution is 2.26. The molecule has 0 aliphatic rings. The molecule has 2 aromatic rings. The number of rotatable bonds is 3. The Kier molecular flexibility index (Phi) is 5.85. The van der Waals surface area contributed by atoms with E-state index in [-0.39, 0.29) is 27.7 Å². The van der Waals surface area contributed by atoms with Crippen LogP contribution in [0.15, 0.2) is 36.4 Å². The molecule has 0 unspecified atom stereocenters. The maximum absolute atomic E-state index is 12.3. The van der Waals surface area contributed by atoms with Crippen LogP contribution in [0, 0.1) is 6.92 Å². The molecule has 27 heavy (non-hydrogen) atoms. The maximum atomic E-state index is 12.3. The number of carbonyl (C=O) groups is 2. The number of hydrogen-bond acceptors (Lipinski definition) is 4. The first-order chi connectivity index (χ1) is 12.5. The Morgan fingerprint density at radius 1 is 1.07 bits per heavy atom. The monoisotopic (exact) mass is 386 g/mol. The topological polar surface area (TPSA) is 98.7 Å². The second-order valence-corrected chi connectivity index (χ2v) is 7.64. The minimum atomic E-state index is -1.26. The van der Waals surface area contributed by atoms with Gasteiger partial charge in [-0.05, 0) is 59.9 Å². The second kappa shape index (κ2) is 7.75. The molecule has 142 valence electrons. The molecule has 2 rings (SSSR count). The summed E-state index contributed by atoms with van der Waals surface area (Å²) < 4.78 is 0. The van der Waals surface area contributed by atoms with E-state index in [4.69, 9.17) is 17.3 Å². The summed E-state index contributed by atoms with van der Waals surface area (Å²) in [5.74, 6) is -1.93. The molecule has 0 radical (unpaired) electrons. The third-order valence-corrected chi connectivity index (χ3v) is 4.23. The van der Waals surface area contributed by atoms with Crippen LogP contribution in [0.4, 0.5) is 5.69 Å². The highest BCUT2D eigenvalue weighted by molar-refractivity contribution is 7.80. The van der Waals surface area contributed by atoms with Crippen molar-refractivity contribution in [3.8, 4) is 5.75 Å². The fraction of sp³-hybridized carbons (Fsp3) is 0.250. The number of aryl methyl sites for hydroxylation is 1. The molecule has 0 aliphatic heterocycles.